The van der Waals surface area contributed by atoms with Gasteiger partial charge in [0.15, 0.2) is 0 Å². The van der Waals surface area contributed by atoms with Gasteiger partial charge < -0.3 is 25.2 Å². The standard InChI is InChI=1S/C30H34N2O6/c33-28(14-8-3-9-19-31-30(36)38-22-25-12-6-2-7-13-25)32-27(29(34)35)20-23-15-17-26(18-16-23)37-21-24-10-4-1-5-11-24/h1-2,4-7,10-13,15-18,27H,3,8-9,14,19-22H2,(H,31,36)(H,32,33)(H,34,35)/t27-/m0/s1. The summed E-state index contributed by atoms with van der Waals surface area (Å²) in [4.78, 5) is 35.7. The van der Waals surface area contributed by atoms with Gasteiger partial charge in [-0.1, -0.05) is 79.2 Å². The first-order chi connectivity index (χ1) is 18.5. The van der Waals surface area contributed by atoms with Crippen molar-refractivity contribution in [1.29, 1.82) is 0 Å². The Morgan fingerprint density at radius 3 is 2.00 bits per heavy atom. The van der Waals surface area contributed by atoms with Gasteiger partial charge in [-0.3, -0.25) is 4.79 Å². The van der Waals surface area contributed by atoms with Crippen LogP contribution in [-0.4, -0.2) is 35.7 Å². The Labute approximate surface area is 223 Å². The van der Waals surface area contributed by atoms with Gasteiger partial charge >= 0.3 is 12.1 Å². The number of alkyl carbamates (subject to hydrolysis) is 1. The maximum atomic E-state index is 12.3. The zero-order chi connectivity index (χ0) is 27.0. The van der Waals surface area contributed by atoms with Gasteiger partial charge in [0.25, 0.3) is 0 Å². The largest absolute Gasteiger partial charge is 0.489 e. The lowest BCUT2D eigenvalue weighted by Crippen LogP contribution is -2.42. The minimum Gasteiger partial charge on any atom is -0.489 e. The maximum Gasteiger partial charge on any atom is 0.407 e. The normalized spacial score (nSPS) is 11.3. The lowest BCUT2D eigenvalue weighted by atomic mass is 10.1. The molecule has 3 aromatic rings. The van der Waals surface area contributed by atoms with E-state index < -0.39 is 18.1 Å². The van der Waals surface area contributed by atoms with Crippen molar-refractivity contribution in [2.45, 2.75) is 51.4 Å². The molecule has 0 saturated heterocycles. The van der Waals surface area contributed by atoms with E-state index in [2.05, 4.69) is 10.6 Å². The molecule has 8 heteroatoms. The number of hydrogen-bond donors (Lipinski definition) is 3. The molecular formula is C30H34N2O6. The predicted molar refractivity (Wildman–Crippen MR) is 144 cm³/mol. The third-order valence-electron chi connectivity index (χ3n) is 5.81. The first kappa shape index (κ1) is 28.2. The predicted octanol–water partition coefficient (Wildman–Crippen LogP) is 4.86. The first-order valence-electron chi connectivity index (χ1n) is 12.7. The summed E-state index contributed by atoms with van der Waals surface area (Å²) < 4.78 is 10.9. The second-order valence-electron chi connectivity index (χ2n) is 8.88. The Hall–Kier alpha value is -4.33. The molecule has 38 heavy (non-hydrogen) atoms. The molecule has 3 N–H and O–H groups in total. The molecule has 0 aliphatic rings. The fourth-order valence-corrected chi connectivity index (χ4v) is 3.72. The third-order valence-corrected chi connectivity index (χ3v) is 5.81. The molecule has 0 aliphatic heterocycles. The molecule has 0 bridgehead atoms. The second-order valence-corrected chi connectivity index (χ2v) is 8.88. The van der Waals surface area contributed by atoms with E-state index in [1.807, 2.05) is 60.7 Å². The van der Waals surface area contributed by atoms with Crippen LogP contribution in [-0.2, 0) is 34.0 Å². The molecule has 3 aromatic carbocycles. The van der Waals surface area contributed by atoms with E-state index in [0.717, 1.165) is 16.7 Å². The van der Waals surface area contributed by atoms with Crippen molar-refractivity contribution >= 4 is 18.0 Å². The zero-order valence-corrected chi connectivity index (χ0v) is 21.3. The summed E-state index contributed by atoms with van der Waals surface area (Å²) in [5.41, 5.74) is 2.76. The van der Waals surface area contributed by atoms with Crippen molar-refractivity contribution in [3.8, 4) is 5.75 Å². The Morgan fingerprint density at radius 1 is 0.737 bits per heavy atom. The van der Waals surface area contributed by atoms with Crippen LogP contribution >= 0.6 is 0 Å². The van der Waals surface area contributed by atoms with E-state index in [9.17, 15) is 19.5 Å². The number of carbonyl (C=O) groups is 3. The first-order valence-corrected chi connectivity index (χ1v) is 12.7. The highest BCUT2D eigenvalue weighted by atomic mass is 16.5. The summed E-state index contributed by atoms with van der Waals surface area (Å²) >= 11 is 0. The van der Waals surface area contributed by atoms with Crippen LogP contribution in [0.5, 0.6) is 5.75 Å². The number of hydrogen-bond acceptors (Lipinski definition) is 5. The molecule has 0 saturated carbocycles. The molecule has 200 valence electrons. The number of aliphatic carboxylic acids is 1. The molecule has 3 rings (SSSR count). The Kier molecular flexibility index (Phi) is 11.7. The smallest absolute Gasteiger partial charge is 0.407 e. The van der Waals surface area contributed by atoms with Crippen LogP contribution in [0.1, 0.15) is 42.4 Å². The number of amides is 2. The summed E-state index contributed by atoms with van der Waals surface area (Å²) in [7, 11) is 0. The van der Waals surface area contributed by atoms with Crippen LogP contribution in [0, 0.1) is 0 Å². The van der Waals surface area contributed by atoms with Crippen molar-refractivity contribution in [3.63, 3.8) is 0 Å². The molecule has 0 radical (unpaired) electrons. The van der Waals surface area contributed by atoms with Crippen LogP contribution in [0.2, 0.25) is 0 Å². The molecule has 0 aliphatic carbocycles. The minimum atomic E-state index is -1.08. The molecule has 0 aromatic heterocycles. The number of carboxylic acid groups (broad SMARTS) is 1. The Morgan fingerprint density at radius 2 is 1.37 bits per heavy atom. The molecular weight excluding hydrogens is 484 g/mol. The Balaban J connectivity index is 1.29. The van der Waals surface area contributed by atoms with Crippen molar-refractivity contribution in [2.75, 3.05) is 6.54 Å². The van der Waals surface area contributed by atoms with E-state index in [0.29, 0.717) is 38.2 Å². The molecule has 0 spiro atoms. The highest BCUT2D eigenvalue weighted by molar-refractivity contribution is 5.83. The van der Waals surface area contributed by atoms with Gasteiger partial charge in [0.1, 0.15) is 25.0 Å². The lowest BCUT2D eigenvalue weighted by Gasteiger charge is -2.15. The van der Waals surface area contributed by atoms with Crippen molar-refractivity contribution in [1.82, 2.24) is 10.6 Å². The molecule has 0 heterocycles. The number of unbranched alkanes of at least 4 members (excludes halogenated alkanes) is 2. The lowest BCUT2D eigenvalue weighted by molar-refractivity contribution is -0.141. The van der Waals surface area contributed by atoms with Gasteiger partial charge in [0.2, 0.25) is 5.91 Å². The van der Waals surface area contributed by atoms with E-state index in [1.54, 1.807) is 24.3 Å². The van der Waals surface area contributed by atoms with Gasteiger partial charge in [-0.25, -0.2) is 9.59 Å². The topological polar surface area (TPSA) is 114 Å². The quantitative estimate of drug-likeness (QED) is 0.248. The third kappa shape index (κ3) is 10.7. The summed E-state index contributed by atoms with van der Waals surface area (Å²) in [5, 5.41) is 14.9. The maximum absolute atomic E-state index is 12.3. The Bertz CT molecular complexity index is 1140. The molecule has 2 amide bonds. The minimum absolute atomic E-state index is 0.176. The molecule has 0 unspecified atom stereocenters. The average Bonchev–Trinajstić information content (AvgIpc) is 2.94. The SMILES string of the molecule is O=C(CCCCCNC(=O)OCc1ccccc1)N[C@@H](Cc1ccc(OCc2ccccc2)cc1)C(=O)O. The number of nitrogens with one attached hydrogen (secondary N) is 2. The fourth-order valence-electron chi connectivity index (χ4n) is 3.72. The zero-order valence-electron chi connectivity index (χ0n) is 21.3. The highest BCUT2D eigenvalue weighted by Gasteiger charge is 2.20. The van der Waals surface area contributed by atoms with Gasteiger partial charge in [-0.15, -0.1) is 0 Å². The van der Waals surface area contributed by atoms with Crippen molar-refractivity contribution < 1.29 is 29.0 Å². The molecule has 8 nitrogen and oxygen atoms in total. The summed E-state index contributed by atoms with van der Waals surface area (Å²) in [6, 6.07) is 25.4. The van der Waals surface area contributed by atoms with E-state index in [-0.39, 0.29) is 25.4 Å². The van der Waals surface area contributed by atoms with E-state index >= 15 is 0 Å². The van der Waals surface area contributed by atoms with Gasteiger partial charge in [0.05, 0.1) is 0 Å². The number of ether oxygens (including phenoxy) is 2. The molecule has 0 fully saturated rings. The summed E-state index contributed by atoms with van der Waals surface area (Å²) in [6.45, 7) is 1.10. The van der Waals surface area contributed by atoms with Gasteiger partial charge in [0, 0.05) is 19.4 Å². The second kappa shape index (κ2) is 15.7. The van der Waals surface area contributed by atoms with Gasteiger partial charge in [-0.2, -0.15) is 0 Å². The monoisotopic (exact) mass is 518 g/mol. The van der Waals surface area contributed by atoms with Gasteiger partial charge in [-0.05, 0) is 41.7 Å². The fraction of sp³-hybridized carbons (Fsp3) is 0.300. The van der Waals surface area contributed by atoms with E-state index in [1.165, 1.54) is 0 Å². The van der Waals surface area contributed by atoms with Crippen LogP contribution in [0.4, 0.5) is 4.79 Å². The van der Waals surface area contributed by atoms with Crippen LogP contribution in [0.3, 0.4) is 0 Å². The van der Waals surface area contributed by atoms with Crippen molar-refractivity contribution in [2.24, 2.45) is 0 Å². The van der Waals surface area contributed by atoms with Crippen LogP contribution in [0.15, 0.2) is 84.9 Å². The number of rotatable bonds is 15. The number of carboxylic acids is 1. The number of benzene rings is 3. The van der Waals surface area contributed by atoms with Crippen LogP contribution < -0.4 is 15.4 Å². The average molecular weight is 519 g/mol. The van der Waals surface area contributed by atoms with Crippen LogP contribution in [0.25, 0.3) is 0 Å². The van der Waals surface area contributed by atoms with E-state index in [4.69, 9.17) is 9.47 Å². The molecule has 1 atom stereocenters. The summed E-state index contributed by atoms with van der Waals surface area (Å²) in [6.07, 6.45) is 1.91. The highest BCUT2D eigenvalue weighted by Crippen LogP contribution is 2.16. The summed E-state index contributed by atoms with van der Waals surface area (Å²) in [5.74, 6) is -0.705. The van der Waals surface area contributed by atoms with Crippen molar-refractivity contribution in [3.05, 3.63) is 102 Å². The number of carbonyl (C=O) groups excluding carboxylic acids is 2.